The number of carbonyl (C=O) groups is 1. The van der Waals surface area contributed by atoms with Crippen LogP contribution in [-0.4, -0.2) is 30.1 Å². The van der Waals surface area contributed by atoms with Gasteiger partial charge in [-0.1, -0.05) is 29.8 Å². The lowest BCUT2D eigenvalue weighted by Gasteiger charge is -2.28. The van der Waals surface area contributed by atoms with Gasteiger partial charge in [0.25, 0.3) is 5.91 Å². The molecule has 3 rings (SSSR count). The predicted octanol–water partition coefficient (Wildman–Crippen LogP) is 3.58. The van der Waals surface area contributed by atoms with Crippen molar-refractivity contribution in [2.24, 2.45) is 0 Å². The van der Waals surface area contributed by atoms with Gasteiger partial charge in [-0.25, -0.2) is 4.98 Å². The first-order chi connectivity index (χ1) is 10.7. The molecule has 0 saturated heterocycles. The first-order valence-electron chi connectivity index (χ1n) is 7.56. The number of nitrogens with zero attached hydrogens (tertiary/aromatic N) is 1. The molecule has 1 aliphatic rings. The number of hydrogen-bond acceptors (Lipinski definition) is 3. The maximum Gasteiger partial charge on any atom is 0.252 e. The third-order valence-electron chi connectivity index (χ3n) is 4.27. The summed E-state index contributed by atoms with van der Waals surface area (Å²) in [7, 11) is 1.74. The van der Waals surface area contributed by atoms with E-state index in [0.717, 1.165) is 36.6 Å². The largest absolute Gasteiger partial charge is 0.381 e. The number of carbonyl (C=O) groups excluding carboxylic acids is 1. The lowest BCUT2D eigenvalue weighted by atomic mass is 9.92. The molecule has 1 amide bonds. The zero-order chi connectivity index (χ0) is 15.5. The van der Waals surface area contributed by atoms with E-state index in [1.165, 1.54) is 0 Å². The Morgan fingerprint density at radius 3 is 2.73 bits per heavy atom. The Hall–Kier alpha value is -1.65. The maximum absolute atomic E-state index is 12.6. The van der Waals surface area contributed by atoms with E-state index in [9.17, 15) is 4.79 Å². The van der Waals surface area contributed by atoms with Crippen molar-refractivity contribution in [2.45, 2.75) is 37.8 Å². The molecule has 0 aliphatic heterocycles. The molecule has 2 aromatic rings. The Kier molecular flexibility index (Phi) is 4.60. The quantitative estimate of drug-likeness (QED) is 0.880. The number of fused-ring (bicyclic) bond motifs is 1. The van der Waals surface area contributed by atoms with E-state index >= 15 is 0 Å². The van der Waals surface area contributed by atoms with E-state index in [-0.39, 0.29) is 11.9 Å². The van der Waals surface area contributed by atoms with Crippen molar-refractivity contribution in [1.82, 2.24) is 10.3 Å². The molecule has 1 aromatic heterocycles. The molecule has 1 aliphatic carbocycles. The van der Waals surface area contributed by atoms with Gasteiger partial charge in [0.2, 0.25) is 0 Å². The number of ether oxygens (including phenoxy) is 1. The van der Waals surface area contributed by atoms with Gasteiger partial charge < -0.3 is 10.1 Å². The number of rotatable bonds is 3. The van der Waals surface area contributed by atoms with E-state index in [4.69, 9.17) is 16.3 Å². The minimum Gasteiger partial charge on any atom is -0.381 e. The average molecular weight is 319 g/mol. The van der Waals surface area contributed by atoms with Gasteiger partial charge >= 0.3 is 0 Å². The number of pyridine rings is 1. The van der Waals surface area contributed by atoms with Crippen molar-refractivity contribution < 1.29 is 9.53 Å². The first-order valence-corrected chi connectivity index (χ1v) is 7.94. The number of methoxy groups -OCH3 is 1. The van der Waals surface area contributed by atoms with Crippen LogP contribution in [0.4, 0.5) is 0 Å². The van der Waals surface area contributed by atoms with Crippen LogP contribution in [0.3, 0.4) is 0 Å². The Balaban J connectivity index is 1.78. The van der Waals surface area contributed by atoms with Crippen molar-refractivity contribution in [3.05, 3.63) is 41.0 Å². The van der Waals surface area contributed by atoms with Crippen LogP contribution in [0, 0.1) is 0 Å². The number of halogens is 1. The fourth-order valence-electron chi connectivity index (χ4n) is 3.04. The number of hydrogen-bond donors (Lipinski definition) is 1. The highest BCUT2D eigenvalue weighted by atomic mass is 35.5. The standard InChI is InChI=1S/C17H19ClN2O2/c1-22-12-8-6-11(7-9-12)19-17(21)14-10-16(18)20-15-5-3-2-4-13(14)15/h2-5,10-12H,6-9H2,1H3,(H,19,21)/t11-,12-. The molecule has 1 saturated carbocycles. The van der Waals surface area contributed by atoms with Gasteiger partial charge in [-0.3, -0.25) is 4.79 Å². The van der Waals surface area contributed by atoms with Gasteiger partial charge in [-0.2, -0.15) is 0 Å². The SMILES string of the molecule is CO[C@H]1CC[C@H](NC(=O)c2cc(Cl)nc3ccccc23)CC1. The summed E-state index contributed by atoms with van der Waals surface area (Å²) in [4.78, 5) is 16.9. The minimum absolute atomic E-state index is 0.0821. The van der Waals surface area contributed by atoms with E-state index in [1.807, 2.05) is 24.3 Å². The second kappa shape index (κ2) is 6.63. The molecule has 22 heavy (non-hydrogen) atoms. The summed E-state index contributed by atoms with van der Waals surface area (Å²) in [5, 5.41) is 4.29. The fraction of sp³-hybridized carbons (Fsp3) is 0.412. The third-order valence-corrected chi connectivity index (χ3v) is 4.47. The molecule has 4 nitrogen and oxygen atoms in total. The summed E-state index contributed by atoms with van der Waals surface area (Å²) in [6, 6.07) is 9.39. The number of aromatic nitrogens is 1. The summed E-state index contributed by atoms with van der Waals surface area (Å²) >= 11 is 6.04. The van der Waals surface area contributed by atoms with Crippen LogP contribution in [0.25, 0.3) is 10.9 Å². The molecule has 116 valence electrons. The average Bonchev–Trinajstić information content (AvgIpc) is 2.54. The smallest absolute Gasteiger partial charge is 0.252 e. The van der Waals surface area contributed by atoms with Gasteiger partial charge in [-0.15, -0.1) is 0 Å². The van der Waals surface area contributed by atoms with E-state index in [2.05, 4.69) is 10.3 Å². The number of nitrogens with one attached hydrogen (secondary N) is 1. The van der Waals surface area contributed by atoms with Crippen molar-refractivity contribution >= 4 is 28.4 Å². The van der Waals surface area contributed by atoms with Gasteiger partial charge in [-0.05, 0) is 37.8 Å². The molecule has 1 aromatic carbocycles. The Bertz CT molecular complexity index is 681. The molecule has 1 N–H and O–H groups in total. The maximum atomic E-state index is 12.6. The molecule has 0 spiro atoms. The lowest BCUT2D eigenvalue weighted by Crippen LogP contribution is -2.39. The number of benzene rings is 1. The van der Waals surface area contributed by atoms with Crippen molar-refractivity contribution in [3.63, 3.8) is 0 Å². The zero-order valence-corrected chi connectivity index (χ0v) is 13.3. The summed E-state index contributed by atoms with van der Waals surface area (Å²) in [5.41, 5.74) is 1.33. The van der Waals surface area contributed by atoms with Crippen LogP contribution < -0.4 is 5.32 Å². The highest BCUT2D eigenvalue weighted by Gasteiger charge is 2.23. The summed E-state index contributed by atoms with van der Waals surface area (Å²) in [6.45, 7) is 0. The van der Waals surface area contributed by atoms with Crippen molar-refractivity contribution in [2.75, 3.05) is 7.11 Å². The van der Waals surface area contributed by atoms with Crippen LogP contribution in [0.1, 0.15) is 36.0 Å². The second-order valence-corrected chi connectivity index (χ2v) is 6.08. The molecule has 0 bridgehead atoms. The van der Waals surface area contributed by atoms with Gasteiger partial charge in [0.05, 0.1) is 17.2 Å². The molecule has 1 heterocycles. The molecule has 5 heteroatoms. The summed E-state index contributed by atoms with van der Waals surface area (Å²) in [5.74, 6) is -0.0821. The normalized spacial score (nSPS) is 21.7. The van der Waals surface area contributed by atoms with Crippen LogP contribution in [0.15, 0.2) is 30.3 Å². The van der Waals surface area contributed by atoms with Gasteiger partial charge in [0.15, 0.2) is 0 Å². The fourth-order valence-corrected chi connectivity index (χ4v) is 3.24. The summed E-state index contributed by atoms with van der Waals surface area (Å²) in [6.07, 6.45) is 4.19. The van der Waals surface area contributed by atoms with E-state index < -0.39 is 0 Å². The molecule has 0 radical (unpaired) electrons. The lowest BCUT2D eigenvalue weighted by molar-refractivity contribution is 0.0599. The van der Waals surface area contributed by atoms with E-state index in [1.54, 1.807) is 13.2 Å². The van der Waals surface area contributed by atoms with Crippen molar-refractivity contribution in [3.8, 4) is 0 Å². The van der Waals surface area contributed by atoms with Crippen LogP contribution >= 0.6 is 11.6 Å². The first kappa shape index (κ1) is 15.3. The zero-order valence-electron chi connectivity index (χ0n) is 12.5. The third kappa shape index (κ3) is 3.23. The number of para-hydroxylation sites is 1. The topological polar surface area (TPSA) is 51.2 Å². The minimum atomic E-state index is -0.0821. The van der Waals surface area contributed by atoms with Gasteiger partial charge in [0.1, 0.15) is 5.15 Å². The molecular formula is C17H19ClN2O2. The molecular weight excluding hydrogens is 300 g/mol. The summed E-state index contributed by atoms with van der Waals surface area (Å²) < 4.78 is 5.36. The highest BCUT2D eigenvalue weighted by molar-refractivity contribution is 6.30. The van der Waals surface area contributed by atoms with Crippen molar-refractivity contribution in [1.29, 1.82) is 0 Å². The highest BCUT2D eigenvalue weighted by Crippen LogP contribution is 2.23. The van der Waals surface area contributed by atoms with Gasteiger partial charge in [0, 0.05) is 18.5 Å². The monoisotopic (exact) mass is 318 g/mol. The van der Waals surface area contributed by atoms with Crippen LogP contribution in [-0.2, 0) is 4.74 Å². The Morgan fingerprint density at radius 2 is 2.00 bits per heavy atom. The van der Waals surface area contributed by atoms with Crippen LogP contribution in [0.2, 0.25) is 5.15 Å². The molecule has 1 fully saturated rings. The second-order valence-electron chi connectivity index (χ2n) is 5.69. The molecule has 0 unspecified atom stereocenters. The Labute approximate surface area is 134 Å². The Morgan fingerprint density at radius 1 is 1.27 bits per heavy atom. The molecule has 0 atom stereocenters. The predicted molar refractivity (Wildman–Crippen MR) is 87.3 cm³/mol. The van der Waals surface area contributed by atoms with E-state index in [0.29, 0.717) is 16.8 Å². The number of amides is 1. The van der Waals surface area contributed by atoms with Crippen LogP contribution in [0.5, 0.6) is 0 Å².